The molecule has 1 heterocycles. The molecule has 1 aromatic carbocycles. The van der Waals surface area contributed by atoms with Gasteiger partial charge >= 0.3 is 0 Å². The molecule has 1 aliphatic heterocycles. The first-order valence-electron chi connectivity index (χ1n) is 9.21. The van der Waals surface area contributed by atoms with E-state index in [1.807, 2.05) is 6.92 Å². The van der Waals surface area contributed by atoms with Crippen LogP contribution in [0, 0.1) is 5.92 Å². The Morgan fingerprint density at radius 1 is 1.11 bits per heavy atom. The summed E-state index contributed by atoms with van der Waals surface area (Å²) in [6.07, 6.45) is 0.781. The van der Waals surface area contributed by atoms with E-state index in [-0.39, 0.29) is 23.3 Å². The van der Waals surface area contributed by atoms with Gasteiger partial charge in [-0.15, -0.1) is 0 Å². The van der Waals surface area contributed by atoms with Gasteiger partial charge in [-0.1, -0.05) is 20.8 Å². The fourth-order valence-electron chi connectivity index (χ4n) is 2.52. The maximum Gasteiger partial charge on any atom is 0.241 e. The number of amides is 2. The zero-order chi connectivity index (χ0) is 20.7. The average molecular weight is 413 g/mol. The zero-order valence-electron chi connectivity index (χ0n) is 16.3. The molecule has 0 spiro atoms. The first-order chi connectivity index (χ1) is 13.2. The third-order valence-electron chi connectivity index (χ3n) is 4.05. The molecule has 28 heavy (non-hydrogen) atoms. The van der Waals surface area contributed by atoms with Crippen LogP contribution in [0.5, 0.6) is 11.5 Å². The van der Waals surface area contributed by atoms with Crippen LogP contribution in [0.1, 0.15) is 27.2 Å². The predicted molar refractivity (Wildman–Crippen MR) is 103 cm³/mol. The van der Waals surface area contributed by atoms with Crippen molar-refractivity contribution in [2.75, 3.05) is 26.3 Å². The van der Waals surface area contributed by atoms with Crippen LogP contribution in [0.25, 0.3) is 0 Å². The quantitative estimate of drug-likeness (QED) is 0.539. The van der Waals surface area contributed by atoms with Crippen molar-refractivity contribution >= 4 is 21.8 Å². The van der Waals surface area contributed by atoms with Crippen molar-refractivity contribution in [3.05, 3.63) is 18.2 Å². The first kappa shape index (κ1) is 22.0. The van der Waals surface area contributed by atoms with Crippen LogP contribution in [-0.2, 0) is 19.6 Å². The number of carbonyl (C=O) groups is 2. The average Bonchev–Trinajstić information content (AvgIpc) is 2.68. The van der Waals surface area contributed by atoms with Gasteiger partial charge < -0.3 is 20.1 Å². The van der Waals surface area contributed by atoms with Gasteiger partial charge in [0.15, 0.2) is 11.5 Å². The number of ether oxygens (including phenoxy) is 2. The Kier molecular flexibility index (Phi) is 7.64. The third kappa shape index (κ3) is 5.83. The van der Waals surface area contributed by atoms with Gasteiger partial charge in [0.25, 0.3) is 0 Å². The van der Waals surface area contributed by atoms with E-state index in [2.05, 4.69) is 15.4 Å². The molecule has 0 unspecified atom stereocenters. The van der Waals surface area contributed by atoms with E-state index in [0.717, 1.165) is 6.42 Å². The Hall–Kier alpha value is -2.33. The molecule has 9 nitrogen and oxygen atoms in total. The zero-order valence-corrected chi connectivity index (χ0v) is 17.1. The second kappa shape index (κ2) is 9.74. The lowest BCUT2D eigenvalue weighted by molar-refractivity contribution is -0.127. The summed E-state index contributed by atoms with van der Waals surface area (Å²) in [7, 11) is -3.98. The summed E-state index contributed by atoms with van der Waals surface area (Å²) in [4.78, 5) is 24.1. The van der Waals surface area contributed by atoms with Crippen LogP contribution < -0.4 is 24.8 Å². The van der Waals surface area contributed by atoms with Crippen LogP contribution in [0.3, 0.4) is 0 Å². The van der Waals surface area contributed by atoms with E-state index in [4.69, 9.17) is 9.47 Å². The van der Waals surface area contributed by atoms with Crippen molar-refractivity contribution in [2.45, 2.75) is 38.1 Å². The molecule has 2 amide bonds. The maximum atomic E-state index is 12.7. The highest BCUT2D eigenvalue weighted by Crippen LogP contribution is 2.32. The number of nitrogens with one attached hydrogen (secondary N) is 3. The minimum Gasteiger partial charge on any atom is -0.486 e. The minimum atomic E-state index is -3.98. The highest BCUT2D eigenvalue weighted by Gasteiger charge is 2.29. The molecule has 0 saturated heterocycles. The molecular weight excluding hydrogens is 386 g/mol. The van der Waals surface area contributed by atoms with Gasteiger partial charge in [0.1, 0.15) is 19.3 Å². The normalized spacial score (nSPS) is 14.4. The number of rotatable bonds is 9. The smallest absolute Gasteiger partial charge is 0.241 e. The van der Waals surface area contributed by atoms with Crippen molar-refractivity contribution in [2.24, 2.45) is 5.92 Å². The number of hydrogen-bond donors (Lipinski definition) is 3. The summed E-state index contributed by atoms with van der Waals surface area (Å²) >= 11 is 0. The van der Waals surface area contributed by atoms with Crippen molar-refractivity contribution in [1.29, 1.82) is 0 Å². The maximum absolute atomic E-state index is 12.7. The molecule has 0 bridgehead atoms. The van der Waals surface area contributed by atoms with Gasteiger partial charge in [-0.05, 0) is 24.5 Å². The topological polar surface area (TPSA) is 123 Å². The number of hydrogen-bond acceptors (Lipinski definition) is 6. The summed E-state index contributed by atoms with van der Waals surface area (Å²) in [6.45, 7) is 6.38. The van der Waals surface area contributed by atoms with Gasteiger partial charge in [0.2, 0.25) is 21.8 Å². The molecule has 0 fully saturated rings. The summed E-state index contributed by atoms with van der Waals surface area (Å²) in [5.74, 6) is -0.408. The SMILES string of the molecule is CCCNC(=O)CNC(=O)[C@H](NS(=O)(=O)c1ccc2c(c1)OCCO2)C(C)C. The van der Waals surface area contributed by atoms with E-state index < -0.39 is 22.0 Å². The van der Waals surface area contributed by atoms with Crippen LogP contribution in [0.15, 0.2) is 23.1 Å². The number of carbonyl (C=O) groups excluding carboxylic acids is 2. The molecule has 156 valence electrons. The largest absolute Gasteiger partial charge is 0.486 e. The predicted octanol–water partition coefficient (Wildman–Crippen LogP) is 0.403. The van der Waals surface area contributed by atoms with Gasteiger partial charge in [-0.25, -0.2) is 8.42 Å². The Labute approximate surface area is 165 Å². The Balaban J connectivity index is 2.07. The lowest BCUT2D eigenvalue weighted by atomic mass is 10.1. The Morgan fingerprint density at radius 3 is 2.43 bits per heavy atom. The fraction of sp³-hybridized carbons (Fsp3) is 0.556. The van der Waals surface area contributed by atoms with Crippen molar-refractivity contribution in [3.63, 3.8) is 0 Å². The molecule has 3 N–H and O–H groups in total. The number of sulfonamides is 1. The standard InChI is InChI=1S/C18H27N3O6S/c1-4-7-19-16(22)11-20-18(23)17(12(2)3)21-28(24,25)13-5-6-14-15(10-13)27-9-8-26-14/h5-6,10,12,17,21H,4,7-9,11H2,1-3H3,(H,19,22)(H,20,23)/t17-/m1/s1. The Morgan fingerprint density at radius 2 is 1.79 bits per heavy atom. The van der Waals surface area contributed by atoms with Crippen LogP contribution in [-0.4, -0.2) is 52.6 Å². The van der Waals surface area contributed by atoms with Gasteiger partial charge in [-0.3, -0.25) is 9.59 Å². The van der Waals surface area contributed by atoms with Crippen LogP contribution >= 0.6 is 0 Å². The highest BCUT2D eigenvalue weighted by atomic mass is 32.2. The Bertz CT molecular complexity index is 810. The molecule has 1 atom stereocenters. The molecule has 10 heteroatoms. The van der Waals surface area contributed by atoms with Crippen molar-refractivity contribution in [3.8, 4) is 11.5 Å². The molecule has 1 aromatic rings. The van der Waals surface area contributed by atoms with Crippen molar-refractivity contribution in [1.82, 2.24) is 15.4 Å². The summed E-state index contributed by atoms with van der Waals surface area (Å²) in [5.41, 5.74) is 0. The molecule has 0 saturated carbocycles. The van der Waals surface area contributed by atoms with E-state index in [1.165, 1.54) is 18.2 Å². The lowest BCUT2D eigenvalue weighted by Gasteiger charge is -2.22. The summed E-state index contributed by atoms with van der Waals surface area (Å²) < 4.78 is 38.7. The molecule has 0 radical (unpaired) electrons. The van der Waals surface area contributed by atoms with E-state index in [1.54, 1.807) is 13.8 Å². The molecule has 1 aliphatic rings. The fourth-order valence-corrected chi connectivity index (χ4v) is 3.88. The monoisotopic (exact) mass is 413 g/mol. The van der Waals surface area contributed by atoms with E-state index in [9.17, 15) is 18.0 Å². The third-order valence-corrected chi connectivity index (χ3v) is 5.49. The van der Waals surface area contributed by atoms with E-state index >= 15 is 0 Å². The van der Waals surface area contributed by atoms with Gasteiger partial charge in [0, 0.05) is 12.6 Å². The second-order valence-corrected chi connectivity index (χ2v) is 8.43. The first-order valence-corrected chi connectivity index (χ1v) is 10.7. The van der Waals surface area contributed by atoms with Crippen molar-refractivity contribution < 1.29 is 27.5 Å². The molecule has 0 aromatic heterocycles. The van der Waals surface area contributed by atoms with Gasteiger partial charge in [0.05, 0.1) is 11.4 Å². The molecule has 0 aliphatic carbocycles. The lowest BCUT2D eigenvalue weighted by Crippen LogP contribution is -2.51. The highest BCUT2D eigenvalue weighted by molar-refractivity contribution is 7.89. The minimum absolute atomic E-state index is 0.0316. The second-order valence-electron chi connectivity index (χ2n) is 6.72. The van der Waals surface area contributed by atoms with Crippen LogP contribution in [0.2, 0.25) is 0 Å². The number of fused-ring (bicyclic) bond motifs is 1. The van der Waals surface area contributed by atoms with Gasteiger partial charge in [-0.2, -0.15) is 4.72 Å². The molecular formula is C18H27N3O6S. The summed E-state index contributed by atoms with van der Waals surface area (Å²) in [5, 5.41) is 5.11. The number of benzene rings is 1. The summed E-state index contributed by atoms with van der Waals surface area (Å²) in [6, 6.07) is 3.25. The van der Waals surface area contributed by atoms with E-state index in [0.29, 0.717) is 31.3 Å². The molecule has 2 rings (SSSR count). The van der Waals surface area contributed by atoms with Crippen LogP contribution in [0.4, 0.5) is 0 Å².